The number of anilines is 1. The van der Waals surface area contributed by atoms with Crippen molar-refractivity contribution in [1.29, 1.82) is 0 Å². The van der Waals surface area contributed by atoms with Crippen LogP contribution < -0.4 is 5.32 Å². The highest BCUT2D eigenvalue weighted by Crippen LogP contribution is 2.23. The van der Waals surface area contributed by atoms with Gasteiger partial charge in [0.2, 0.25) is 0 Å². The Kier molecular flexibility index (Phi) is 5.87. The van der Waals surface area contributed by atoms with Crippen molar-refractivity contribution in [3.05, 3.63) is 67.7 Å². The topological polar surface area (TPSA) is 98.5 Å². The summed E-state index contributed by atoms with van der Waals surface area (Å²) in [5.41, 5.74) is 1.85. The van der Waals surface area contributed by atoms with Gasteiger partial charge in [-0.3, -0.25) is 14.9 Å². The highest BCUT2D eigenvalue weighted by atomic mass is 79.9. The first-order valence-corrected chi connectivity index (χ1v) is 8.05. The van der Waals surface area contributed by atoms with Gasteiger partial charge in [0, 0.05) is 16.1 Å². The normalized spacial score (nSPS) is 10.2. The van der Waals surface area contributed by atoms with Gasteiger partial charge in [-0.05, 0) is 53.5 Å². The Morgan fingerprint density at radius 3 is 2.56 bits per heavy atom. The lowest BCUT2D eigenvalue weighted by Crippen LogP contribution is -2.21. The van der Waals surface area contributed by atoms with E-state index < -0.39 is 23.4 Å². The average Bonchev–Trinajstić information content (AvgIpc) is 2.55. The molecule has 0 fully saturated rings. The lowest BCUT2D eigenvalue weighted by Gasteiger charge is -2.09. The molecule has 7 nitrogen and oxygen atoms in total. The molecule has 130 valence electrons. The van der Waals surface area contributed by atoms with Crippen molar-refractivity contribution in [3.8, 4) is 0 Å². The first-order valence-electron chi connectivity index (χ1n) is 7.26. The van der Waals surface area contributed by atoms with Crippen molar-refractivity contribution in [1.82, 2.24) is 0 Å². The van der Waals surface area contributed by atoms with Gasteiger partial charge in [0.15, 0.2) is 6.61 Å². The maximum Gasteiger partial charge on any atom is 0.338 e. The van der Waals surface area contributed by atoms with Crippen LogP contribution in [0, 0.1) is 24.0 Å². The number of nitrogens with zero attached hydrogens (tertiary/aromatic N) is 1. The lowest BCUT2D eigenvalue weighted by atomic mass is 10.1. The van der Waals surface area contributed by atoms with Gasteiger partial charge in [0.1, 0.15) is 0 Å². The molecule has 0 saturated carbocycles. The van der Waals surface area contributed by atoms with Gasteiger partial charge in [-0.2, -0.15) is 0 Å². The molecule has 2 rings (SSSR count). The molecular formula is C17H15BrN2O5. The van der Waals surface area contributed by atoms with Crippen LogP contribution in [0.3, 0.4) is 0 Å². The van der Waals surface area contributed by atoms with Crippen molar-refractivity contribution in [2.45, 2.75) is 13.8 Å². The summed E-state index contributed by atoms with van der Waals surface area (Å²) in [5, 5.41) is 13.5. The molecule has 0 saturated heterocycles. The molecule has 0 aliphatic heterocycles. The van der Waals surface area contributed by atoms with Gasteiger partial charge in [0.25, 0.3) is 11.6 Å². The van der Waals surface area contributed by atoms with Crippen molar-refractivity contribution < 1.29 is 19.2 Å². The number of esters is 1. The summed E-state index contributed by atoms with van der Waals surface area (Å²) in [6.07, 6.45) is 0. The fourth-order valence-corrected chi connectivity index (χ4v) is 2.65. The zero-order valence-electron chi connectivity index (χ0n) is 13.5. The number of hydrogen-bond acceptors (Lipinski definition) is 5. The summed E-state index contributed by atoms with van der Waals surface area (Å²) in [5.74, 6) is -1.32. The smallest absolute Gasteiger partial charge is 0.338 e. The fraction of sp³-hybridized carbons (Fsp3) is 0.176. The van der Waals surface area contributed by atoms with Gasteiger partial charge in [0.05, 0.1) is 16.2 Å². The molecule has 0 bridgehead atoms. The zero-order chi connectivity index (χ0) is 18.6. The monoisotopic (exact) mass is 406 g/mol. The quantitative estimate of drug-likeness (QED) is 0.462. The predicted molar refractivity (Wildman–Crippen MR) is 95.6 cm³/mol. The van der Waals surface area contributed by atoms with E-state index in [4.69, 9.17) is 4.74 Å². The fourth-order valence-electron chi connectivity index (χ4n) is 2.06. The largest absolute Gasteiger partial charge is 0.452 e. The number of nitro benzene ring substituents is 1. The second-order valence-electron chi connectivity index (χ2n) is 5.37. The van der Waals surface area contributed by atoms with Gasteiger partial charge in [-0.25, -0.2) is 4.79 Å². The molecular weight excluding hydrogens is 392 g/mol. The van der Waals surface area contributed by atoms with E-state index in [1.54, 1.807) is 13.0 Å². The molecule has 0 unspecified atom stereocenters. The maximum absolute atomic E-state index is 12.0. The van der Waals surface area contributed by atoms with Crippen molar-refractivity contribution >= 4 is 39.2 Å². The minimum absolute atomic E-state index is 0.0154. The Morgan fingerprint density at radius 1 is 1.20 bits per heavy atom. The summed E-state index contributed by atoms with van der Waals surface area (Å²) in [6.45, 7) is 2.99. The van der Waals surface area contributed by atoms with E-state index in [1.165, 1.54) is 12.1 Å². The Balaban J connectivity index is 1.98. The third kappa shape index (κ3) is 4.87. The number of rotatable bonds is 5. The number of nitrogens with one attached hydrogen (secondary N) is 1. The van der Waals surface area contributed by atoms with E-state index in [2.05, 4.69) is 21.2 Å². The van der Waals surface area contributed by atoms with Gasteiger partial charge in [-0.1, -0.05) is 12.1 Å². The summed E-state index contributed by atoms with van der Waals surface area (Å²) >= 11 is 3.33. The Hall–Kier alpha value is -2.74. The van der Waals surface area contributed by atoms with Crippen LogP contribution in [0.4, 0.5) is 11.4 Å². The van der Waals surface area contributed by atoms with E-state index in [-0.39, 0.29) is 11.3 Å². The molecule has 25 heavy (non-hydrogen) atoms. The number of hydrogen-bond donors (Lipinski definition) is 1. The highest BCUT2D eigenvalue weighted by molar-refractivity contribution is 9.10. The summed E-state index contributed by atoms with van der Waals surface area (Å²) < 4.78 is 5.62. The van der Waals surface area contributed by atoms with Gasteiger partial charge < -0.3 is 10.1 Å². The zero-order valence-corrected chi connectivity index (χ0v) is 15.1. The standard InChI is InChI=1S/C17H15BrN2O5/c1-10-3-6-14(13(18)7-10)19-16(21)9-25-17(22)12-5-4-11(2)15(8-12)20(23)24/h3-8H,9H2,1-2H3,(H,19,21). The number of benzene rings is 2. The van der Waals surface area contributed by atoms with Crippen LogP contribution in [-0.4, -0.2) is 23.4 Å². The van der Waals surface area contributed by atoms with E-state index in [9.17, 15) is 19.7 Å². The van der Waals surface area contributed by atoms with E-state index >= 15 is 0 Å². The minimum atomic E-state index is -0.804. The molecule has 0 aliphatic rings. The van der Waals surface area contributed by atoms with Crippen LogP contribution in [-0.2, 0) is 9.53 Å². The molecule has 2 aromatic rings. The Morgan fingerprint density at radius 2 is 1.92 bits per heavy atom. The van der Waals surface area contributed by atoms with Crippen LogP contribution in [0.15, 0.2) is 40.9 Å². The summed E-state index contributed by atoms with van der Waals surface area (Å²) in [7, 11) is 0. The molecule has 1 N–H and O–H groups in total. The molecule has 0 aliphatic carbocycles. The molecule has 2 aromatic carbocycles. The number of aryl methyl sites for hydroxylation is 2. The van der Waals surface area contributed by atoms with Gasteiger partial charge >= 0.3 is 5.97 Å². The average molecular weight is 407 g/mol. The molecule has 1 amide bonds. The number of nitro groups is 1. The number of ether oxygens (including phenoxy) is 1. The molecule has 0 spiro atoms. The first-order chi connectivity index (χ1) is 11.8. The van der Waals surface area contributed by atoms with Crippen LogP contribution in [0.2, 0.25) is 0 Å². The maximum atomic E-state index is 12.0. The summed E-state index contributed by atoms with van der Waals surface area (Å²) in [6, 6.07) is 9.40. The number of amides is 1. The van der Waals surface area contributed by atoms with Crippen LogP contribution in [0.5, 0.6) is 0 Å². The van der Waals surface area contributed by atoms with E-state index in [0.29, 0.717) is 15.7 Å². The molecule has 0 radical (unpaired) electrons. The lowest BCUT2D eigenvalue weighted by molar-refractivity contribution is -0.385. The molecule has 8 heteroatoms. The highest BCUT2D eigenvalue weighted by Gasteiger charge is 2.17. The van der Waals surface area contributed by atoms with E-state index in [1.807, 2.05) is 19.1 Å². The minimum Gasteiger partial charge on any atom is -0.452 e. The van der Waals surface area contributed by atoms with Crippen molar-refractivity contribution in [3.63, 3.8) is 0 Å². The second kappa shape index (κ2) is 7.89. The number of carbonyl (C=O) groups is 2. The number of halogens is 1. The molecule has 0 atom stereocenters. The Labute approximate surface area is 152 Å². The van der Waals surface area contributed by atoms with Crippen LogP contribution in [0.25, 0.3) is 0 Å². The SMILES string of the molecule is Cc1ccc(NC(=O)COC(=O)c2ccc(C)c([N+](=O)[O-])c2)c(Br)c1. The predicted octanol–water partition coefficient (Wildman–Crippen LogP) is 3.77. The van der Waals surface area contributed by atoms with Gasteiger partial charge in [-0.15, -0.1) is 0 Å². The van der Waals surface area contributed by atoms with Crippen LogP contribution in [0.1, 0.15) is 21.5 Å². The molecule has 0 aromatic heterocycles. The second-order valence-corrected chi connectivity index (χ2v) is 6.22. The third-order valence-electron chi connectivity index (χ3n) is 3.37. The van der Waals surface area contributed by atoms with Crippen molar-refractivity contribution in [2.24, 2.45) is 0 Å². The van der Waals surface area contributed by atoms with E-state index in [0.717, 1.165) is 11.6 Å². The van der Waals surface area contributed by atoms with Crippen molar-refractivity contribution in [2.75, 3.05) is 11.9 Å². The summed E-state index contributed by atoms with van der Waals surface area (Å²) in [4.78, 5) is 34.2. The third-order valence-corrected chi connectivity index (χ3v) is 4.03. The molecule has 0 heterocycles. The number of carbonyl (C=O) groups excluding carboxylic acids is 2. The first kappa shape index (κ1) is 18.6. The van der Waals surface area contributed by atoms with Crippen LogP contribution >= 0.6 is 15.9 Å². The Bertz CT molecular complexity index is 851.